The van der Waals surface area contributed by atoms with Crippen LogP contribution in [0.3, 0.4) is 0 Å². The second-order valence-electron chi connectivity index (χ2n) is 4.47. The molecule has 0 saturated heterocycles. The summed E-state index contributed by atoms with van der Waals surface area (Å²) >= 11 is 0. The molecule has 5 heteroatoms. The number of nitrogen functional groups attached to an aromatic ring is 1. The number of benzene rings is 1. The lowest BCUT2D eigenvalue weighted by Crippen LogP contribution is -2.37. The Hall–Kier alpha value is -1.75. The molecule has 0 aliphatic rings. The molecule has 0 heterocycles. The smallest absolute Gasteiger partial charge is 0.258 e. The molecule has 1 amide bonds. The van der Waals surface area contributed by atoms with Crippen molar-refractivity contribution in [2.45, 2.75) is 20.0 Å². The lowest BCUT2D eigenvalue weighted by Gasteiger charge is -2.15. The van der Waals surface area contributed by atoms with E-state index in [1.54, 1.807) is 24.3 Å². The van der Waals surface area contributed by atoms with Crippen molar-refractivity contribution in [2.75, 3.05) is 18.9 Å². The Kier molecular flexibility index (Phi) is 5.45. The molecular weight excluding hydrogens is 232 g/mol. The van der Waals surface area contributed by atoms with Gasteiger partial charge in [0.15, 0.2) is 6.61 Å². The number of amides is 1. The highest BCUT2D eigenvalue weighted by molar-refractivity contribution is 5.77. The summed E-state index contributed by atoms with van der Waals surface area (Å²) in [5.74, 6) is 0.443. The highest BCUT2D eigenvalue weighted by Crippen LogP contribution is 2.12. The van der Waals surface area contributed by atoms with E-state index in [1.807, 2.05) is 13.8 Å². The molecule has 0 bridgehead atoms. The van der Waals surface area contributed by atoms with Crippen molar-refractivity contribution in [3.05, 3.63) is 24.3 Å². The van der Waals surface area contributed by atoms with Gasteiger partial charge in [-0.2, -0.15) is 0 Å². The average Bonchev–Trinajstić information content (AvgIpc) is 2.35. The van der Waals surface area contributed by atoms with Gasteiger partial charge < -0.3 is 20.9 Å². The molecule has 0 fully saturated rings. The van der Waals surface area contributed by atoms with E-state index in [-0.39, 0.29) is 25.0 Å². The number of nitrogens with two attached hydrogens (primary N) is 1. The summed E-state index contributed by atoms with van der Waals surface area (Å²) in [7, 11) is 0. The van der Waals surface area contributed by atoms with Crippen LogP contribution in [-0.4, -0.2) is 30.3 Å². The van der Waals surface area contributed by atoms with Crippen molar-refractivity contribution >= 4 is 11.6 Å². The van der Waals surface area contributed by atoms with Gasteiger partial charge >= 0.3 is 0 Å². The van der Waals surface area contributed by atoms with E-state index in [1.165, 1.54) is 0 Å². The van der Waals surface area contributed by atoms with Gasteiger partial charge in [-0.25, -0.2) is 0 Å². The van der Waals surface area contributed by atoms with Crippen LogP contribution in [0.25, 0.3) is 0 Å². The third-order valence-electron chi connectivity index (χ3n) is 2.53. The van der Waals surface area contributed by atoms with Crippen LogP contribution in [-0.2, 0) is 4.79 Å². The van der Waals surface area contributed by atoms with Gasteiger partial charge in [0.25, 0.3) is 5.91 Å². The number of aliphatic hydroxyl groups is 1. The first-order valence-corrected chi connectivity index (χ1v) is 5.92. The van der Waals surface area contributed by atoms with E-state index in [2.05, 4.69) is 5.32 Å². The van der Waals surface area contributed by atoms with Crippen molar-refractivity contribution in [3.63, 3.8) is 0 Å². The van der Waals surface area contributed by atoms with Crippen LogP contribution in [0.2, 0.25) is 0 Å². The number of hydrogen-bond donors (Lipinski definition) is 3. The van der Waals surface area contributed by atoms with Crippen LogP contribution in [0.5, 0.6) is 5.75 Å². The molecule has 0 radical (unpaired) electrons. The fourth-order valence-corrected chi connectivity index (χ4v) is 1.22. The van der Waals surface area contributed by atoms with Crippen LogP contribution >= 0.6 is 0 Å². The molecule has 4 N–H and O–H groups in total. The highest BCUT2D eigenvalue weighted by atomic mass is 16.5. The molecule has 18 heavy (non-hydrogen) atoms. The molecule has 1 rings (SSSR count). The zero-order valence-electron chi connectivity index (χ0n) is 10.7. The fraction of sp³-hybridized carbons (Fsp3) is 0.462. The van der Waals surface area contributed by atoms with E-state index in [0.29, 0.717) is 11.4 Å². The summed E-state index contributed by atoms with van der Waals surface area (Å²) in [4.78, 5) is 11.4. The molecular formula is C13H20N2O3. The molecule has 1 aromatic rings. The maximum atomic E-state index is 11.4. The summed E-state index contributed by atoms with van der Waals surface area (Å²) in [6.45, 7) is 3.94. The lowest BCUT2D eigenvalue weighted by atomic mass is 10.1. The first-order valence-electron chi connectivity index (χ1n) is 5.92. The van der Waals surface area contributed by atoms with Gasteiger partial charge in [0, 0.05) is 12.2 Å². The summed E-state index contributed by atoms with van der Waals surface area (Å²) in [5.41, 5.74) is 6.17. The Morgan fingerprint density at radius 2 is 2.00 bits per heavy atom. The number of aliphatic hydroxyl groups excluding tert-OH is 1. The molecule has 1 aromatic carbocycles. The Labute approximate surface area is 107 Å². The van der Waals surface area contributed by atoms with Gasteiger partial charge in [0.1, 0.15) is 5.75 Å². The molecule has 100 valence electrons. The third kappa shape index (κ3) is 5.05. The maximum Gasteiger partial charge on any atom is 0.258 e. The Morgan fingerprint density at radius 3 is 2.56 bits per heavy atom. The van der Waals surface area contributed by atoms with Crippen molar-refractivity contribution in [1.29, 1.82) is 0 Å². The highest BCUT2D eigenvalue weighted by Gasteiger charge is 2.10. The molecule has 0 spiro atoms. The third-order valence-corrected chi connectivity index (χ3v) is 2.53. The molecule has 0 aliphatic heterocycles. The van der Waals surface area contributed by atoms with Crippen LogP contribution in [0.1, 0.15) is 13.8 Å². The summed E-state index contributed by atoms with van der Waals surface area (Å²) in [6, 6.07) is 6.81. The zero-order valence-corrected chi connectivity index (χ0v) is 10.7. The number of ether oxygens (including phenoxy) is 1. The van der Waals surface area contributed by atoms with Gasteiger partial charge in [-0.15, -0.1) is 0 Å². The number of nitrogens with one attached hydrogen (secondary N) is 1. The largest absolute Gasteiger partial charge is 0.484 e. The van der Waals surface area contributed by atoms with Gasteiger partial charge in [-0.3, -0.25) is 4.79 Å². The summed E-state index contributed by atoms with van der Waals surface area (Å²) in [5, 5.41) is 12.1. The van der Waals surface area contributed by atoms with Crippen LogP contribution in [0.15, 0.2) is 24.3 Å². The second kappa shape index (κ2) is 6.86. The van der Waals surface area contributed by atoms with Crippen molar-refractivity contribution in [1.82, 2.24) is 5.32 Å². The summed E-state index contributed by atoms with van der Waals surface area (Å²) < 4.78 is 5.27. The minimum absolute atomic E-state index is 0.0747. The van der Waals surface area contributed by atoms with Crippen LogP contribution in [0, 0.1) is 5.92 Å². The van der Waals surface area contributed by atoms with Gasteiger partial charge in [0.05, 0.1) is 6.10 Å². The quantitative estimate of drug-likeness (QED) is 0.653. The first kappa shape index (κ1) is 14.3. The maximum absolute atomic E-state index is 11.4. The predicted octanol–water partition coefficient (Wildman–Crippen LogP) is 0.781. The number of hydrogen-bond acceptors (Lipinski definition) is 4. The van der Waals surface area contributed by atoms with E-state index in [9.17, 15) is 9.90 Å². The molecule has 1 atom stereocenters. The van der Waals surface area contributed by atoms with Crippen molar-refractivity contribution in [3.8, 4) is 5.75 Å². The fourth-order valence-electron chi connectivity index (χ4n) is 1.22. The van der Waals surface area contributed by atoms with E-state index in [0.717, 1.165) is 0 Å². The molecule has 1 unspecified atom stereocenters. The lowest BCUT2D eigenvalue weighted by molar-refractivity contribution is -0.123. The van der Waals surface area contributed by atoms with Gasteiger partial charge in [-0.1, -0.05) is 13.8 Å². The normalized spacial score (nSPS) is 12.2. The first-order chi connectivity index (χ1) is 8.49. The predicted molar refractivity (Wildman–Crippen MR) is 70.2 cm³/mol. The topological polar surface area (TPSA) is 84.6 Å². The van der Waals surface area contributed by atoms with Crippen molar-refractivity contribution < 1.29 is 14.6 Å². The molecule has 0 aromatic heterocycles. The number of anilines is 1. The number of rotatable bonds is 6. The molecule has 5 nitrogen and oxygen atoms in total. The van der Waals surface area contributed by atoms with E-state index >= 15 is 0 Å². The SMILES string of the molecule is CC(C)C(O)CNC(=O)COc1ccc(N)cc1. The van der Waals surface area contributed by atoms with Crippen LogP contribution in [0.4, 0.5) is 5.69 Å². The second-order valence-corrected chi connectivity index (χ2v) is 4.47. The minimum Gasteiger partial charge on any atom is -0.484 e. The van der Waals surface area contributed by atoms with Gasteiger partial charge in [0.2, 0.25) is 0 Å². The van der Waals surface area contributed by atoms with E-state index < -0.39 is 6.10 Å². The van der Waals surface area contributed by atoms with Crippen molar-refractivity contribution in [2.24, 2.45) is 5.92 Å². The average molecular weight is 252 g/mol. The monoisotopic (exact) mass is 252 g/mol. The number of carbonyl (C=O) groups excluding carboxylic acids is 1. The minimum atomic E-state index is -0.537. The Morgan fingerprint density at radius 1 is 1.39 bits per heavy atom. The van der Waals surface area contributed by atoms with E-state index in [4.69, 9.17) is 10.5 Å². The number of carbonyl (C=O) groups is 1. The zero-order chi connectivity index (χ0) is 13.5. The van der Waals surface area contributed by atoms with Gasteiger partial charge in [-0.05, 0) is 30.2 Å². The standard InChI is InChI=1S/C13H20N2O3/c1-9(2)12(16)7-15-13(17)8-18-11-5-3-10(14)4-6-11/h3-6,9,12,16H,7-8,14H2,1-2H3,(H,15,17). The van der Waals surface area contributed by atoms with Crippen LogP contribution < -0.4 is 15.8 Å². The molecule has 0 saturated carbocycles. The Bertz CT molecular complexity index is 376. The summed E-state index contributed by atoms with van der Waals surface area (Å²) in [6.07, 6.45) is -0.537. The molecule has 0 aliphatic carbocycles. The Balaban J connectivity index is 2.27.